The van der Waals surface area contributed by atoms with E-state index in [0.29, 0.717) is 19.5 Å². The predicted molar refractivity (Wildman–Crippen MR) is 115 cm³/mol. The lowest BCUT2D eigenvalue weighted by molar-refractivity contribution is -0.117. The van der Waals surface area contributed by atoms with Gasteiger partial charge in [-0.3, -0.25) is 4.79 Å². The topological polar surface area (TPSA) is 60.9 Å². The Labute approximate surface area is 172 Å². The van der Waals surface area contributed by atoms with Crippen molar-refractivity contribution >= 4 is 27.3 Å². The molecule has 0 radical (unpaired) electrons. The summed E-state index contributed by atoms with van der Waals surface area (Å²) in [6, 6.07) is 14.7. The molecule has 4 rings (SSSR count). The first-order chi connectivity index (χ1) is 14.0. The number of carbonyl (C=O) groups is 1. The summed E-state index contributed by atoms with van der Waals surface area (Å²) in [5, 5.41) is 0. The Morgan fingerprint density at radius 1 is 0.931 bits per heavy atom. The van der Waals surface area contributed by atoms with Gasteiger partial charge in [-0.15, -0.1) is 0 Å². The van der Waals surface area contributed by atoms with E-state index in [1.165, 1.54) is 17.1 Å². The Hall–Kier alpha value is -2.38. The van der Waals surface area contributed by atoms with Gasteiger partial charge in [-0.25, -0.2) is 8.42 Å². The van der Waals surface area contributed by atoms with Crippen LogP contribution in [0.25, 0.3) is 0 Å². The lowest BCUT2D eigenvalue weighted by Gasteiger charge is -2.24. The number of hydrogen-bond acceptors (Lipinski definition) is 4. The van der Waals surface area contributed by atoms with Gasteiger partial charge >= 0.3 is 0 Å². The Kier molecular flexibility index (Phi) is 5.61. The molecule has 1 amide bonds. The van der Waals surface area contributed by atoms with Crippen molar-refractivity contribution in [2.75, 3.05) is 36.5 Å². The highest BCUT2D eigenvalue weighted by Gasteiger charge is 2.25. The number of carbonyl (C=O) groups excluding carboxylic acids is 1. The molecule has 2 aromatic carbocycles. The molecule has 154 valence electrons. The molecule has 0 aliphatic carbocycles. The van der Waals surface area contributed by atoms with Crippen molar-refractivity contribution in [3.05, 3.63) is 54.1 Å². The average molecular weight is 414 g/mol. The third kappa shape index (κ3) is 4.02. The van der Waals surface area contributed by atoms with Gasteiger partial charge in [0.05, 0.1) is 4.90 Å². The third-order valence-corrected chi connectivity index (χ3v) is 7.58. The van der Waals surface area contributed by atoms with Crippen molar-refractivity contribution in [3.63, 3.8) is 0 Å². The van der Waals surface area contributed by atoms with Crippen LogP contribution in [0.2, 0.25) is 0 Å². The van der Waals surface area contributed by atoms with Gasteiger partial charge in [-0.2, -0.15) is 4.31 Å². The first kappa shape index (κ1) is 19.9. The molecule has 2 aromatic rings. The van der Waals surface area contributed by atoms with Crippen molar-refractivity contribution in [3.8, 4) is 0 Å². The lowest BCUT2D eigenvalue weighted by Crippen LogP contribution is -2.28. The van der Waals surface area contributed by atoms with E-state index >= 15 is 0 Å². The van der Waals surface area contributed by atoms with Gasteiger partial charge in [0, 0.05) is 51.0 Å². The third-order valence-electron chi connectivity index (χ3n) is 5.76. The minimum atomic E-state index is -3.62. The SMILES string of the molecule is CN(Cc1ccccc1N1CCCC1)S(=O)(=O)c1ccc(N2CCCC2=O)cc1. The van der Waals surface area contributed by atoms with Gasteiger partial charge in [0.1, 0.15) is 0 Å². The number of rotatable bonds is 6. The van der Waals surface area contributed by atoms with E-state index < -0.39 is 10.0 Å². The zero-order valence-electron chi connectivity index (χ0n) is 16.8. The number of nitrogens with zero attached hydrogens (tertiary/aromatic N) is 3. The van der Waals surface area contributed by atoms with Crippen LogP contribution in [-0.2, 0) is 21.4 Å². The molecule has 0 spiro atoms. The van der Waals surface area contributed by atoms with Gasteiger partial charge in [-0.1, -0.05) is 18.2 Å². The fourth-order valence-electron chi connectivity index (χ4n) is 4.14. The van der Waals surface area contributed by atoms with Crippen LogP contribution >= 0.6 is 0 Å². The fourth-order valence-corrected chi connectivity index (χ4v) is 5.28. The maximum Gasteiger partial charge on any atom is 0.243 e. The van der Waals surface area contributed by atoms with E-state index in [0.717, 1.165) is 36.4 Å². The van der Waals surface area contributed by atoms with Crippen molar-refractivity contribution in [2.45, 2.75) is 37.1 Å². The number of para-hydroxylation sites is 1. The Bertz CT molecular complexity index is 983. The Morgan fingerprint density at radius 2 is 1.62 bits per heavy atom. The second-order valence-electron chi connectivity index (χ2n) is 7.73. The molecule has 7 heteroatoms. The van der Waals surface area contributed by atoms with E-state index in [2.05, 4.69) is 11.0 Å². The summed E-state index contributed by atoms with van der Waals surface area (Å²) in [7, 11) is -2.00. The highest BCUT2D eigenvalue weighted by molar-refractivity contribution is 7.89. The standard InChI is InChI=1S/C22H27N3O3S/c1-23(17-18-7-2-3-8-21(18)24-14-4-5-15-24)29(27,28)20-12-10-19(11-13-20)25-16-6-9-22(25)26/h2-3,7-8,10-13H,4-6,9,14-17H2,1H3. The highest BCUT2D eigenvalue weighted by Crippen LogP contribution is 2.28. The van der Waals surface area contributed by atoms with Crippen LogP contribution in [0.5, 0.6) is 0 Å². The molecule has 0 atom stereocenters. The van der Waals surface area contributed by atoms with E-state index in [1.54, 1.807) is 36.2 Å². The van der Waals surface area contributed by atoms with Crippen molar-refractivity contribution < 1.29 is 13.2 Å². The molecule has 0 aromatic heterocycles. The molecule has 2 fully saturated rings. The molecule has 29 heavy (non-hydrogen) atoms. The van der Waals surface area contributed by atoms with E-state index in [4.69, 9.17) is 0 Å². The summed E-state index contributed by atoms with van der Waals surface area (Å²) >= 11 is 0. The summed E-state index contributed by atoms with van der Waals surface area (Å²) in [6.07, 6.45) is 3.75. The Morgan fingerprint density at radius 3 is 2.28 bits per heavy atom. The van der Waals surface area contributed by atoms with Gasteiger partial charge in [-0.05, 0) is 55.2 Å². The van der Waals surface area contributed by atoms with Gasteiger partial charge in [0.25, 0.3) is 0 Å². The normalized spacial score (nSPS) is 17.5. The van der Waals surface area contributed by atoms with Gasteiger partial charge in [0.2, 0.25) is 15.9 Å². The molecule has 0 bridgehead atoms. The number of hydrogen-bond donors (Lipinski definition) is 0. The molecule has 2 aliphatic rings. The highest BCUT2D eigenvalue weighted by atomic mass is 32.2. The Balaban J connectivity index is 1.52. The fraction of sp³-hybridized carbons (Fsp3) is 0.409. The molecule has 6 nitrogen and oxygen atoms in total. The van der Waals surface area contributed by atoms with Crippen LogP contribution in [0.3, 0.4) is 0 Å². The average Bonchev–Trinajstić information content (AvgIpc) is 3.40. The predicted octanol–water partition coefficient (Wildman–Crippen LogP) is 3.23. The minimum Gasteiger partial charge on any atom is -0.371 e. The van der Waals surface area contributed by atoms with Crippen LogP contribution in [0.1, 0.15) is 31.2 Å². The number of amides is 1. The zero-order valence-corrected chi connectivity index (χ0v) is 17.6. The first-order valence-corrected chi connectivity index (χ1v) is 11.6. The molecule has 0 N–H and O–H groups in total. The maximum absolute atomic E-state index is 13.1. The summed E-state index contributed by atoms with van der Waals surface area (Å²) in [4.78, 5) is 16.2. The summed E-state index contributed by atoms with van der Waals surface area (Å²) in [6.45, 7) is 3.05. The summed E-state index contributed by atoms with van der Waals surface area (Å²) in [5.41, 5.74) is 2.89. The quantitative estimate of drug-likeness (QED) is 0.730. The zero-order chi connectivity index (χ0) is 20.4. The van der Waals surface area contributed by atoms with Gasteiger partial charge < -0.3 is 9.80 Å². The van der Waals surface area contributed by atoms with Crippen LogP contribution in [-0.4, -0.2) is 45.3 Å². The smallest absolute Gasteiger partial charge is 0.243 e. The van der Waals surface area contributed by atoms with E-state index in [9.17, 15) is 13.2 Å². The number of benzene rings is 2. The lowest BCUT2D eigenvalue weighted by atomic mass is 10.1. The van der Waals surface area contributed by atoms with Crippen LogP contribution < -0.4 is 9.80 Å². The van der Waals surface area contributed by atoms with Crippen LogP contribution in [0.15, 0.2) is 53.4 Å². The second-order valence-corrected chi connectivity index (χ2v) is 9.77. The summed E-state index contributed by atoms with van der Waals surface area (Å²) < 4.78 is 27.6. The molecule has 0 saturated carbocycles. The maximum atomic E-state index is 13.1. The van der Waals surface area contributed by atoms with E-state index in [1.807, 2.05) is 18.2 Å². The van der Waals surface area contributed by atoms with Crippen LogP contribution in [0, 0.1) is 0 Å². The minimum absolute atomic E-state index is 0.0937. The first-order valence-electron chi connectivity index (χ1n) is 10.2. The molecule has 2 saturated heterocycles. The molecule has 2 aliphatic heterocycles. The number of anilines is 2. The molecule has 0 unspecified atom stereocenters. The summed E-state index contributed by atoms with van der Waals surface area (Å²) in [5.74, 6) is 0.0937. The van der Waals surface area contributed by atoms with Crippen LogP contribution in [0.4, 0.5) is 11.4 Å². The van der Waals surface area contributed by atoms with Crippen molar-refractivity contribution in [2.24, 2.45) is 0 Å². The van der Waals surface area contributed by atoms with E-state index in [-0.39, 0.29) is 10.8 Å². The van der Waals surface area contributed by atoms with Crippen molar-refractivity contribution in [1.29, 1.82) is 0 Å². The number of sulfonamides is 1. The second kappa shape index (κ2) is 8.16. The largest absolute Gasteiger partial charge is 0.371 e. The molecular formula is C22H27N3O3S. The van der Waals surface area contributed by atoms with Gasteiger partial charge in [0.15, 0.2) is 0 Å². The molecule has 2 heterocycles. The van der Waals surface area contributed by atoms with Crippen molar-refractivity contribution in [1.82, 2.24) is 4.31 Å². The molecular weight excluding hydrogens is 386 g/mol. The monoisotopic (exact) mass is 413 g/mol.